The maximum atomic E-state index is 12.8. The molecule has 0 saturated heterocycles. The highest BCUT2D eigenvalue weighted by atomic mass is 16.1. The van der Waals surface area contributed by atoms with Crippen LogP contribution in [-0.2, 0) is 0 Å². The number of pyridine rings is 1. The van der Waals surface area contributed by atoms with Crippen molar-refractivity contribution in [3.63, 3.8) is 0 Å². The standard InChI is InChI=1S/C18H22N2O/c1-19-18(9-3-2-4-10-18)12-17(21)15-7-5-6-14-8-11-20-13-16(14)15/h5-8,11,13,19H,2-4,9-10,12H2,1H3. The minimum atomic E-state index is -0.0142. The van der Waals surface area contributed by atoms with Crippen LogP contribution in [0.3, 0.4) is 0 Å². The fourth-order valence-electron chi connectivity index (χ4n) is 3.50. The number of aromatic nitrogens is 1. The Morgan fingerprint density at radius 2 is 2.05 bits per heavy atom. The van der Waals surface area contributed by atoms with E-state index in [-0.39, 0.29) is 11.3 Å². The van der Waals surface area contributed by atoms with Crippen molar-refractivity contribution in [1.29, 1.82) is 0 Å². The van der Waals surface area contributed by atoms with Crippen molar-refractivity contribution in [3.8, 4) is 0 Å². The van der Waals surface area contributed by atoms with Crippen LogP contribution in [0.15, 0.2) is 36.7 Å². The minimum absolute atomic E-state index is 0.0142. The average Bonchev–Trinajstić information content (AvgIpc) is 2.55. The number of nitrogens with one attached hydrogen (secondary N) is 1. The van der Waals surface area contributed by atoms with E-state index >= 15 is 0 Å². The molecule has 0 amide bonds. The van der Waals surface area contributed by atoms with E-state index < -0.39 is 0 Å². The highest BCUT2D eigenvalue weighted by Gasteiger charge is 2.33. The number of carbonyl (C=O) groups excluding carboxylic acids is 1. The van der Waals surface area contributed by atoms with Gasteiger partial charge in [-0.05, 0) is 31.3 Å². The molecule has 3 nitrogen and oxygen atoms in total. The summed E-state index contributed by atoms with van der Waals surface area (Å²) in [5, 5.41) is 5.48. The van der Waals surface area contributed by atoms with Crippen molar-refractivity contribution in [3.05, 3.63) is 42.2 Å². The number of fused-ring (bicyclic) bond motifs is 1. The number of rotatable bonds is 4. The number of carbonyl (C=O) groups is 1. The minimum Gasteiger partial charge on any atom is -0.314 e. The van der Waals surface area contributed by atoms with Gasteiger partial charge in [0, 0.05) is 35.3 Å². The van der Waals surface area contributed by atoms with Gasteiger partial charge in [0.25, 0.3) is 0 Å². The van der Waals surface area contributed by atoms with Crippen molar-refractivity contribution in [1.82, 2.24) is 10.3 Å². The molecule has 0 unspecified atom stereocenters. The van der Waals surface area contributed by atoms with Crippen molar-refractivity contribution in [2.24, 2.45) is 0 Å². The molecule has 0 atom stereocenters. The molecule has 0 radical (unpaired) electrons. The summed E-state index contributed by atoms with van der Waals surface area (Å²) in [6.07, 6.45) is 10.1. The van der Waals surface area contributed by atoms with E-state index in [0.29, 0.717) is 6.42 Å². The largest absolute Gasteiger partial charge is 0.314 e. The van der Waals surface area contributed by atoms with Gasteiger partial charge in [-0.2, -0.15) is 0 Å². The van der Waals surface area contributed by atoms with Crippen LogP contribution < -0.4 is 5.32 Å². The van der Waals surface area contributed by atoms with Gasteiger partial charge in [-0.3, -0.25) is 9.78 Å². The molecular formula is C18H22N2O. The van der Waals surface area contributed by atoms with Gasteiger partial charge in [0.15, 0.2) is 5.78 Å². The first-order valence-corrected chi connectivity index (χ1v) is 7.79. The van der Waals surface area contributed by atoms with Crippen molar-refractivity contribution in [2.75, 3.05) is 7.05 Å². The monoisotopic (exact) mass is 282 g/mol. The molecule has 1 fully saturated rings. The van der Waals surface area contributed by atoms with E-state index in [1.165, 1.54) is 19.3 Å². The normalized spacial score (nSPS) is 17.8. The summed E-state index contributed by atoms with van der Waals surface area (Å²) in [5.74, 6) is 0.227. The zero-order valence-corrected chi connectivity index (χ0v) is 12.6. The molecule has 0 aliphatic heterocycles. The fraction of sp³-hybridized carbons (Fsp3) is 0.444. The average molecular weight is 282 g/mol. The number of nitrogens with zero attached hydrogens (tertiary/aromatic N) is 1. The Balaban J connectivity index is 1.90. The molecule has 1 aliphatic rings. The molecule has 0 bridgehead atoms. The van der Waals surface area contributed by atoms with E-state index in [1.807, 2.05) is 31.3 Å². The topological polar surface area (TPSA) is 42.0 Å². The number of hydrogen-bond donors (Lipinski definition) is 1. The second-order valence-corrected chi connectivity index (χ2v) is 6.09. The summed E-state index contributed by atoms with van der Waals surface area (Å²) >= 11 is 0. The zero-order valence-electron chi connectivity index (χ0n) is 12.6. The first-order valence-electron chi connectivity index (χ1n) is 7.79. The van der Waals surface area contributed by atoms with Gasteiger partial charge >= 0.3 is 0 Å². The molecule has 1 aromatic heterocycles. The summed E-state index contributed by atoms with van der Waals surface area (Å²) in [6.45, 7) is 0. The van der Waals surface area contributed by atoms with Crippen LogP contribution in [0.25, 0.3) is 10.8 Å². The van der Waals surface area contributed by atoms with Crippen molar-refractivity contribution >= 4 is 16.6 Å². The molecule has 1 aliphatic carbocycles. The molecule has 1 N–H and O–H groups in total. The summed E-state index contributed by atoms with van der Waals surface area (Å²) < 4.78 is 0. The second kappa shape index (κ2) is 5.94. The molecule has 110 valence electrons. The lowest BCUT2D eigenvalue weighted by Gasteiger charge is -2.36. The SMILES string of the molecule is CNC1(CC(=O)c2cccc3ccncc23)CCCCC1. The van der Waals surface area contributed by atoms with Crippen LogP contribution in [-0.4, -0.2) is 23.4 Å². The third-order valence-electron chi connectivity index (χ3n) is 4.82. The van der Waals surface area contributed by atoms with Gasteiger partial charge in [-0.25, -0.2) is 0 Å². The number of benzene rings is 1. The molecule has 2 aromatic rings. The first-order chi connectivity index (χ1) is 10.2. The van der Waals surface area contributed by atoms with Gasteiger partial charge in [-0.1, -0.05) is 37.5 Å². The molecular weight excluding hydrogens is 260 g/mol. The zero-order chi connectivity index (χ0) is 14.7. The van der Waals surface area contributed by atoms with E-state index in [4.69, 9.17) is 0 Å². The third-order valence-corrected chi connectivity index (χ3v) is 4.82. The lowest BCUT2D eigenvalue weighted by atomic mass is 9.77. The predicted octanol–water partition coefficient (Wildman–Crippen LogP) is 3.73. The molecule has 21 heavy (non-hydrogen) atoms. The Labute approximate surface area is 125 Å². The summed E-state index contributed by atoms with van der Waals surface area (Å²) in [5.41, 5.74) is 0.792. The molecule has 0 spiro atoms. The van der Waals surface area contributed by atoms with Gasteiger partial charge in [-0.15, -0.1) is 0 Å². The Morgan fingerprint density at radius 1 is 1.24 bits per heavy atom. The summed E-state index contributed by atoms with van der Waals surface area (Å²) in [4.78, 5) is 17.0. The number of hydrogen-bond acceptors (Lipinski definition) is 3. The molecule has 3 heteroatoms. The Hall–Kier alpha value is -1.74. The smallest absolute Gasteiger partial charge is 0.165 e. The molecule has 1 saturated carbocycles. The number of Topliss-reactive ketones (excluding diaryl/α,β-unsaturated/α-hetero) is 1. The Morgan fingerprint density at radius 3 is 2.81 bits per heavy atom. The maximum absolute atomic E-state index is 12.8. The quantitative estimate of drug-likeness (QED) is 0.869. The maximum Gasteiger partial charge on any atom is 0.165 e. The lowest BCUT2D eigenvalue weighted by Crippen LogP contribution is -2.46. The molecule has 1 heterocycles. The van der Waals surface area contributed by atoms with Crippen LogP contribution in [0, 0.1) is 0 Å². The van der Waals surface area contributed by atoms with Gasteiger partial charge in [0.2, 0.25) is 0 Å². The van der Waals surface area contributed by atoms with Gasteiger partial charge in [0.05, 0.1) is 0 Å². The van der Waals surface area contributed by atoms with E-state index in [0.717, 1.165) is 29.2 Å². The molecule has 1 aromatic carbocycles. The highest BCUT2D eigenvalue weighted by molar-refractivity contribution is 6.08. The number of ketones is 1. The van der Waals surface area contributed by atoms with Gasteiger partial charge in [0.1, 0.15) is 0 Å². The van der Waals surface area contributed by atoms with Crippen LogP contribution in [0.2, 0.25) is 0 Å². The van der Waals surface area contributed by atoms with Crippen LogP contribution in [0.5, 0.6) is 0 Å². The van der Waals surface area contributed by atoms with Crippen LogP contribution in [0.1, 0.15) is 48.9 Å². The van der Waals surface area contributed by atoms with E-state index in [9.17, 15) is 4.79 Å². The second-order valence-electron chi connectivity index (χ2n) is 6.09. The third kappa shape index (κ3) is 2.84. The summed E-state index contributed by atoms with van der Waals surface area (Å²) in [6, 6.07) is 7.88. The van der Waals surface area contributed by atoms with Crippen molar-refractivity contribution < 1.29 is 4.79 Å². The van der Waals surface area contributed by atoms with E-state index in [1.54, 1.807) is 12.4 Å². The lowest BCUT2D eigenvalue weighted by molar-refractivity contribution is 0.0916. The fourth-order valence-corrected chi connectivity index (χ4v) is 3.50. The first kappa shape index (κ1) is 14.2. The van der Waals surface area contributed by atoms with E-state index in [2.05, 4.69) is 10.3 Å². The van der Waals surface area contributed by atoms with Crippen LogP contribution in [0.4, 0.5) is 0 Å². The Bertz CT molecular complexity index is 639. The molecule has 3 rings (SSSR count). The van der Waals surface area contributed by atoms with Crippen LogP contribution >= 0.6 is 0 Å². The Kier molecular flexibility index (Phi) is 4.02. The summed E-state index contributed by atoms with van der Waals surface area (Å²) in [7, 11) is 1.99. The van der Waals surface area contributed by atoms with Gasteiger partial charge < -0.3 is 5.32 Å². The highest BCUT2D eigenvalue weighted by Crippen LogP contribution is 2.32. The van der Waals surface area contributed by atoms with Crippen molar-refractivity contribution in [2.45, 2.75) is 44.1 Å². The predicted molar refractivity (Wildman–Crippen MR) is 85.6 cm³/mol.